The number of carbonyl (C=O) groups excluding carboxylic acids is 1. The molecule has 2 N–H and O–H groups in total. The monoisotopic (exact) mass is 443 g/mol. The maximum atomic E-state index is 13.3. The highest BCUT2D eigenvalue weighted by Gasteiger charge is 2.20. The highest BCUT2D eigenvalue weighted by Crippen LogP contribution is 2.27. The maximum Gasteiger partial charge on any atom is 0.255 e. The van der Waals surface area contributed by atoms with Gasteiger partial charge >= 0.3 is 0 Å². The average Bonchev–Trinajstić information content (AvgIpc) is 3.17. The van der Waals surface area contributed by atoms with Crippen LogP contribution >= 0.6 is 0 Å². The number of ether oxygens (including phenoxy) is 1. The summed E-state index contributed by atoms with van der Waals surface area (Å²) in [5, 5.41) is 14.2. The molecular formula is C27H29N3O3. The second-order valence-corrected chi connectivity index (χ2v) is 8.14. The molecule has 0 fully saturated rings. The number of aliphatic hydroxyl groups is 1. The molecule has 0 saturated carbocycles. The van der Waals surface area contributed by atoms with Crippen molar-refractivity contribution in [2.75, 3.05) is 13.2 Å². The molecule has 0 saturated heterocycles. The van der Waals surface area contributed by atoms with Crippen molar-refractivity contribution in [3.05, 3.63) is 84.3 Å². The summed E-state index contributed by atoms with van der Waals surface area (Å²) in [5.74, 6) is 0.259. The van der Waals surface area contributed by atoms with Crippen molar-refractivity contribution in [3.8, 4) is 16.9 Å². The SMILES string of the molecule is CCCOc1ccc(-c2cccnc2)cc1C(=O)N[C@@H](CO)Cc1cn(C)c2ccccc12. The maximum absolute atomic E-state index is 13.3. The number of aliphatic hydroxyl groups excluding tert-OH is 1. The van der Waals surface area contributed by atoms with E-state index in [2.05, 4.69) is 33.2 Å². The fourth-order valence-corrected chi connectivity index (χ4v) is 4.04. The molecule has 170 valence electrons. The Kier molecular flexibility index (Phi) is 7.05. The van der Waals surface area contributed by atoms with Gasteiger partial charge < -0.3 is 19.7 Å². The normalized spacial score (nSPS) is 12.0. The van der Waals surface area contributed by atoms with E-state index in [9.17, 15) is 9.90 Å². The Morgan fingerprint density at radius 1 is 1.15 bits per heavy atom. The van der Waals surface area contributed by atoms with Crippen LogP contribution in [0.25, 0.3) is 22.0 Å². The number of nitrogens with one attached hydrogen (secondary N) is 1. The molecule has 0 bridgehead atoms. The highest BCUT2D eigenvalue weighted by molar-refractivity contribution is 5.98. The molecule has 0 radical (unpaired) electrons. The number of nitrogens with zero attached hydrogens (tertiary/aromatic N) is 2. The summed E-state index contributed by atoms with van der Waals surface area (Å²) in [6, 6.07) is 17.1. The molecule has 6 heteroatoms. The van der Waals surface area contributed by atoms with Crippen LogP contribution in [0.1, 0.15) is 29.3 Å². The molecule has 4 rings (SSSR count). The van der Waals surface area contributed by atoms with Gasteiger partial charge in [0, 0.05) is 42.1 Å². The quantitative estimate of drug-likeness (QED) is 0.403. The molecule has 2 aromatic carbocycles. The van der Waals surface area contributed by atoms with E-state index in [1.807, 2.05) is 56.4 Å². The van der Waals surface area contributed by atoms with Crippen molar-refractivity contribution in [2.45, 2.75) is 25.8 Å². The number of aromatic nitrogens is 2. The van der Waals surface area contributed by atoms with Crippen molar-refractivity contribution >= 4 is 16.8 Å². The Bertz CT molecular complexity index is 1230. The zero-order valence-electron chi connectivity index (χ0n) is 19.0. The highest BCUT2D eigenvalue weighted by atomic mass is 16.5. The summed E-state index contributed by atoms with van der Waals surface area (Å²) in [4.78, 5) is 17.5. The van der Waals surface area contributed by atoms with Gasteiger partial charge in [-0.15, -0.1) is 0 Å². The zero-order valence-corrected chi connectivity index (χ0v) is 19.0. The van der Waals surface area contributed by atoms with Crippen LogP contribution in [-0.4, -0.2) is 39.8 Å². The lowest BCUT2D eigenvalue weighted by atomic mass is 10.0. The molecule has 0 unspecified atom stereocenters. The second-order valence-electron chi connectivity index (χ2n) is 8.14. The van der Waals surface area contributed by atoms with E-state index in [-0.39, 0.29) is 12.5 Å². The molecule has 0 spiro atoms. The molecule has 0 aliphatic heterocycles. The van der Waals surface area contributed by atoms with Gasteiger partial charge in [0.25, 0.3) is 5.91 Å². The van der Waals surface area contributed by atoms with Gasteiger partial charge in [-0.3, -0.25) is 9.78 Å². The zero-order chi connectivity index (χ0) is 23.2. The third-order valence-electron chi connectivity index (χ3n) is 5.68. The Labute approximate surface area is 193 Å². The van der Waals surface area contributed by atoms with Gasteiger partial charge in [-0.1, -0.05) is 37.3 Å². The summed E-state index contributed by atoms with van der Waals surface area (Å²) in [7, 11) is 2.00. The van der Waals surface area contributed by atoms with Crippen molar-refractivity contribution < 1.29 is 14.6 Å². The van der Waals surface area contributed by atoms with E-state index < -0.39 is 6.04 Å². The van der Waals surface area contributed by atoms with Crippen LogP contribution in [0.4, 0.5) is 0 Å². The Morgan fingerprint density at radius 2 is 2.00 bits per heavy atom. The van der Waals surface area contributed by atoms with Crippen LogP contribution in [0.15, 0.2) is 73.2 Å². The lowest BCUT2D eigenvalue weighted by molar-refractivity contribution is 0.0912. The molecule has 2 aromatic heterocycles. The fourth-order valence-electron chi connectivity index (χ4n) is 4.04. The number of pyridine rings is 1. The van der Waals surface area contributed by atoms with E-state index in [1.165, 1.54) is 0 Å². The predicted octanol–water partition coefficient (Wildman–Crippen LogP) is 4.36. The smallest absolute Gasteiger partial charge is 0.255 e. The second kappa shape index (κ2) is 10.3. The molecule has 0 aliphatic rings. The fraction of sp³-hybridized carbons (Fsp3) is 0.259. The van der Waals surface area contributed by atoms with E-state index in [0.717, 1.165) is 34.0 Å². The Hall–Kier alpha value is -3.64. The Morgan fingerprint density at radius 3 is 2.76 bits per heavy atom. The molecule has 1 atom stereocenters. The minimum Gasteiger partial charge on any atom is -0.493 e. The van der Waals surface area contributed by atoms with Crippen molar-refractivity contribution in [2.24, 2.45) is 7.05 Å². The first kappa shape index (κ1) is 22.6. The number of benzene rings is 2. The number of para-hydroxylation sites is 1. The molecular weight excluding hydrogens is 414 g/mol. The Balaban J connectivity index is 1.59. The number of aryl methyl sites for hydroxylation is 1. The predicted molar refractivity (Wildman–Crippen MR) is 130 cm³/mol. The summed E-state index contributed by atoms with van der Waals surface area (Å²) in [5.41, 5.74) is 4.45. The van der Waals surface area contributed by atoms with Crippen LogP contribution in [0.2, 0.25) is 0 Å². The van der Waals surface area contributed by atoms with E-state index in [4.69, 9.17) is 4.74 Å². The number of carbonyl (C=O) groups is 1. The molecule has 0 aliphatic carbocycles. The summed E-state index contributed by atoms with van der Waals surface area (Å²) >= 11 is 0. The molecule has 4 aromatic rings. The summed E-state index contributed by atoms with van der Waals surface area (Å²) in [6.45, 7) is 2.38. The van der Waals surface area contributed by atoms with Gasteiger partial charge in [-0.2, -0.15) is 0 Å². The number of rotatable bonds is 9. The van der Waals surface area contributed by atoms with Crippen LogP contribution in [0.5, 0.6) is 5.75 Å². The summed E-state index contributed by atoms with van der Waals surface area (Å²) < 4.78 is 7.91. The topological polar surface area (TPSA) is 76.4 Å². The largest absolute Gasteiger partial charge is 0.493 e. The van der Waals surface area contributed by atoms with Gasteiger partial charge in [0.15, 0.2) is 0 Å². The molecule has 6 nitrogen and oxygen atoms in total. The number of hydrogen-bond acceptors (Lipinski definition) is 4. The van der Waals surface area contributed by atoms with Crippen molar-refractivity contribution in [3.63, 3.8) is 0 Å². The number of hydrogen-bond donors (Lipinski definition) is 2. The van der Waals surface area contributed by atoms with Crippen molar-refractivity contribution in [1.29, 1.82) is 0 Å². The molecule has 1 amide bonds. The van der Waals surface area contributed by atoms with Gasteiger partial charge in [0.05, 0.1) is 24.8 Å². The first-order valence-electron chi connectivity index (χ1n) is 11.2. The first-order valence-corrected chi connectivity index (χ1v) is 11.2. The third-order valence-corrected chi connectivity index (χ3v) is 5.68. The van der Waals surface area contributed by atoms with E-state index in [1.54, 1.807) is 12.4 Å². The van der Waals surface area contributed by atoms with Crippen LogP contribution in [0, 0.1) is 0 Å². The van der Waals surface area contributed by atoms with Gasteiger partial charge in [0.1, 0.15) is 5.75 Å². The van der Waals surface area contributed by atoms with Gasteiger partial charge in [0.2, 0.25) is 0 Å². The number of fused-ring (bicyclic) bond motifs is 1. The molecule has 33 heavy (non-hydrogen) atoms. The lowest BCUT2D eigenvalue weighted by Gasteiger charge is -2.18. The van der Waals surface area contributed by atoms with Crippen LogP contribution in [0.3, 0.4) is 0 Å². The summed E-state index contributed by atoms with van der Waals surface area (Å²) in [6.07, 6.45) is 6.90. The molecule has 2 heterocycles. The van der Waals surface area contributed by atoms with Gasteiger partial charge in [-0.25, -0.2) is 0 Å². The van der Waals surface area contributed by atoms with Gasteiger partial charge in [-0.05, 0) is 48.2 Å². The van der Waals surface area contributed by atoms with E-state index >= 15 is 0 Å². The lowest BCUT2D eigenvalue weighted by Crippen LogP contribution is -2.39. The van der Waals surface area contributed by atoms with Crippen LogP contribution < -0.4 is 10.1 Å². The van der Waals surface area contributed by atoms with E-state index in [0.29, 0.717) is 24.3 Å². The third kappa shape index (κ3) is 5.07. The van der Waals surface area contributed by atoms with Crippen LogP contribution in [-0.2, 0) is 13.5 Å². The first-order chi connectivity index (χ1) is 16.1. The van der Waals surface area contributed by atoms with Crippen molar-refractivity contribution in [1.82, 2.24) is 14.9 Å². The minimum absolute atomic E-state index is 0.164. The number of amides is 1. The standard InChI is InChI=1S/C27H29N3O3/c1-3-13-33-26-11-10-19(20-7-6-12-28-16-20)15-24(26)27(32)29-22(18-31)14-21-17-30(2)25-9-5-4-8-23(21)25/h4-12,15-17,22,31H,3,13-14,18H2,1-2H3,(H,29,32)/t22-/m1/s1. The average molecular weight is 444 g/mol. The minimum atomic E-state index is -0.427.